The molecule has 1 aliphatic heterocycles. The summed E-state index contributed by atoms with van der Waals surface area (Å²) in [7, 11) is 2.12. The number of rotatable bonds is 1. The van der Waals surface area contributed by atoms with Crippen LogP contribution in [-0.4, -0.2) is 30.1 Å². The average Bonchev–Trinajstić information content (AvgIpc) is 2.60. The second-order valence-electron chi connectivity index (χ2n) is 7.66. The van der Waals surface area contributed by atoms with Crippen LogP contribution in [0.4, 0.5) is 4.39 Å². The highest BCUT2D eigenvalue weighted by atomic mass is 19.1. The van der Waals surface area contributed by atoms with Gasteiger partial charge < -0.3 is 10.0 Å². The minimum Gasteiger partial charge on any atom is -0.384 e. The Labute approximate surface area is 127 Å². The summed E-state index contributed by atoms with van der Waals surface area (Å²) in [5.74, 6) is 0.0184. The molecule has 2 nitrogen and oxygen atoms in total. The number of hydrogen-bond donors (Lipinski definition) is 1. The van der Waals surface area contributed by atoms with E-state index in [2.05, 4.69) is 25.8 Å². The predicted octanol–water partition coefficient (Wildman–Crippen LogP) is 3.25. The van der Waals surface area contributed by atoms with Crippen LogP contribution in [0.15, 0.2) is 12.1 Å². The van der Waals surface area contributed by atoms with Gasteiger partial charge in [-0.1, -0.05) is 19.9 Å². The second-order valence-corrected chi connectivity index (χ2v) is 7.66. The van der Waals surface area contributed by atoms with Crippen molar-refractivity contribution in [3.63, 3.8) is 0 Å². The van der Waals surface area contributed by atoms with Crippen molar-refractivity contribution in [3.05, 3.63) is 34.6 Å². The number of fused-ring (bicyclic) bond motifs is 1. The highest BCUT2D eigenvalue weighted by Gasteiger charge is 2.55. The lowest BCUT2D eigenvalue weighted by Gasteiger charge is -2.46. The maximum Gasteiger partial charge on any atom is 0.126 e. The monoisotopic (exact) mass is 291 g/mol. The Bertz CT molecular complexity index is 561. The largest absolute Gasteiger partial charge is 0.384 e. The molecule has 2 aliphatic rings. The van der Waals surface area contributed by atoms with Gasteiger partial charge >= 0.3 is 0 Å². The van der Waals surface area contributed by atoms with E-state index in [4.69, 9.17) is 0 Å². The molecule has 1 heterocycles. The highest BCUT2D eigenvalue weighted by Crippen LogP contribution is 2.56. The highest BCUT2D eigenvalue weighted by molar-refractivity contribution is 5.44. The van der Waals surface area contributed by atoms with E-state index in [-0.39, 0.29) is 17.2 Å². The lowest BCUT2D eigenvalue weighted by atomic mass is 9.65. The predicted molar refractivity (Wildman–Crippen MR) is 82.7 cm³/mol. The average molecular weight is 291 g/mol. The van der Waals surface area contributed by atoms with Crippen molar-refractivity contribution in [2.24, 2.45) is 11.3 Å². The van der Waals surface area contributed by atoms with Crippen LogP contribution in [0.3, 0.4) is 0 Å². The number of nitrogens with zero attached hydrogens (tertiary/aromatic N) is 1. The second kappa shape index (κ2) is 4.79. The van der Waals surface area contributed by atoms with Crippen molar-refractivity contribution in [1.82, 2.24) is 4.90 Å². The molecule has 0 bridgehead atoms. The van der Waals surface area contributed by atoms with Crippen LogP contribution in [0.25, 0.3) is 0 Å². The first-order chi connectivity index (χ1) is 9.75. The Morgan fingerprint density at radius 3 is 2.48 bits per heavy atom. The zero-order valence-electron chi connectivity index (χ0n) is 13.5. The Balaban J connectivity index is 2.06. The van der Waals surface area contributed by atoms with Gasteiger partial charge in [0, 0.05) is 5.41 Å². The third-order valence-corrected chi connectivity index (χ3v) is 5.77. The van der Waals surface area contributed by atoms with Gasteiger partial charge in [0.1, 0.15) is 5.82 Å². The minimum absolute atomic E-state index is 0.196. The molecular formula is C18H26FNO. The van der Waals surface area contributed by atoms with E-state index >= 15 is 0 Å². The van der Waals surface area contributed by atoms with Crippen LogP contribution >= 0.6 is 0 Å². The van der Waals surface area contributed by atoms with Crippen molar-refractivity contribution in [2.75, 3.05) is 20.1 Å². The molecule has 0 radical (unpaired) electrons. The smallest absolute Gasteiger partial charge is 0.126 e. The summed E-state index contributed by atoms with van der Waals surface area (Å²) in [4.78, 5) is 2.30. The van der Waals surface area contributed by atoms with Gasteiger partial charge in [-0.05, 0) is 75.0 Å². The van der Waals surface area contributed by atoms with Gasteiger partial charge in [-0.3, -0.25) is 0 Å². The molecule has 1 atom stereocenters. The van der Waals surface area contributed by atoms with Crippen molar-refractivity contribution >= 4 is 0 Å². The molecule has 0 saturated carbocycles. The Morgan fingerprint density at radius 2 is 1.86 bits per heavy atom. The summed E-state index contributed by atoms with van der Waals surface area (Å²) in [6, 6.07) is 3.52. The molecule has 0 aromatic heterocycles. The summed E-state index contributed by atoms with van der Waals surface area (Å²) in [6.07, 6.45) is 2.78. The van der Waals surface area contributed by atoms with Crippen LogP contribution in [0.1, 0.15) is 43.4 Å². The molecule has 116 valence electrons. The van der Waals surface area contributed by atoms with Crippen molar-refractivity contribution in [3.8, 4) is 0 Å². The van der Waals surface area contributed by atoms with Gasteiger partial charge in [0.15, 0.2) is 0 Å². The first-order valence-corrected chi connectivity index (χ1v) is 7.96. The molecule has 1 aromatic rings. The first kappa shape index (κ1) is 15.0. The van der Waals surface area contributed by atoms with E-state index in [0.717, 1.165) is 43.5 Å². The third kappa shape index (κ3) is 2.13. The minimum atomic E-state index is -0.905. The molecule has 1 N–H and O–H groups in total. The summed E-state index contributed by atoms with van der Waals surface area (Å²) >= 11 is 0. The molecule has 0 amide bonds. The normalized spacial score (nSPS) is 29.6. The van der Waals surface area contributed by atoms with Crippen molar-refractivity contribution in [1.29, 1.82) is 0 Å². The van der Waals surface area contributed by atoms with Crippen LogP contribution in [0.2, 0.25) is 0 Å². The van der Waals surface area contributed by atoms with E-state index in [1.54, 1.807) is 13.0 Å². The number of aryl methyl sites for hydroxylation is 1. The molecule has 1 aromatic carbocycles. The van der Waals surface area contributed by atoms with Gasteiger partial charge in [-0.2, -0.15) is 0 Å². The Hall–Kier alpha value is -0.930. The summed E-state index contributed by atoms with van der Waals surface area (Å²) in [6.45, 7) is 8.06. The van der Waals surface area contributed by atoms with E-state index in [1.165, 1.54) is 0 Å². The van der Waals surface area contributed by atoms with E-state index in [9.17, 15) is 9.50 Å². The molecule has 1 fully saturated rings. The molecular weight excluding hydrogens is 265 g/mol. The fraction of sp³-hybridized carbons (Fsp3) is 0.667. The molecule has 0 spiro atoms. The summed E-state index contributed by atoms with van der Waals surface area (Å²) in [5.41, 5.74) is 1.50. The molecule has 3 rings (SSSR count). The van der Waals surface area contributed by atoms with Gasteiger partial charge in [-0.25, -0.2) is 4.39 Å². The van der Waals surface area contributed by atoms with Crippen LogP contribution in [0, 0.1) is 24.1 Å². The Kier molecular flexibility index (Phi) is 3.42. The molecule has 21 heavy (non-hydrogen) atoms. The lowest BCUT2D eigenvalue weighted by Crippen LogP contribution is -2.49. The number of piperidine rings is 1. The number of halogens is 1. The van der Waals surface area contributed by atoms with Crippen LogP contribution in [0.5, 0.6) is 0 Å². The number of hydrogen-bond acceptors (Lipinski definition) is 2. The zero-order valence-corrected chi connectivity index (χ0v) is 13.5. The third-order valence-electron chi connectivity index (χ3n) is 5.77. The fourth-order valence-corrected chi connectivity index (χ4v) is 4.42. The molecule has 1 aliphatic carbocycles. The van der Waals surface area contributed by atoms with Gasteiger partial charge in [0.25, 0.3) is 0 Å². The van der Waals surface area contributed by atoms with Gasteiger partial charge in [0.2, 0.25) is 0 Å². The SMILES string of the molecule is Cc1cc2c(cc1F)C(O)(C1CCN(C)CC1)C(C)(C)C2. The van der Waals surface area contributed by atoms with Crippen LogP contribution < -0.4 is 0 Å². The number of likely N-dealkylation sites (tertiary alicyclic amines) is 1. The summed E-state index contributed by atoms with van der Waals surface area (Å²) < 4.78 is 14.1. The topological polar surface area (TPSA) is 23.5 Å². The summed E-state index contributed by atoms with van der Waals surface area (Å²) in [5, 5.41) is 11.6. The van der Waals surface area contributed by atoms with Crippen molar-refractivity contribution < 1.29 is 9.50 Å². The quantitative estimate of drug-likeness (QED) is 0.858. The first-order valence-electron chi connectivity index (χ1n) is 7.96. The lowest BCUT2D eigenvalue weighted by molar-refractivity contribution is -0.121. The zero-order chi connectivity index (χ0) is 15.4. The fourth-order valence-electron chi connectivity index (χ4n) is 4.42. The molecule has 1 unspecified atom stereocenters. The van der Waals surface area contributed by atoms with Gasteiger partial charge in [0.05, 0.1) is 5.60 Å². The number of aliphatic hydroxyl groups is 1. The van der Waals surface area contributed by atoms with E-state index in [1.807, 2.05) is 6.07 Å². The molecule has 1 saturated heterocycles. The van der Waals surface area contributed by atoms with E-state index in [0.29, 0.717) is 5.56 Å². The van der Waals surface area contributed by atoms with Crippen molar-refractivity contribution in [2.45, 2.75) is 45.6 Å². The standard InChI is InChI=1S/C18H26FNO/c1-12-9-13-11-17(2,3)18(21,15(13)10-16(12)19)14-5-7-20(4)8-6-14/h9-10,14,21H,5-8,11H2,1-4H3. The van der Waals surface area contributed by atoms with Crippen LogP contribution in [-0.2, 0) is 12.0 Å². The van der Waals surface area contributed by atoms with E-state index < -0.39 is 5.60 Å². The Morgan fingerprint density at radius 1 is 1.24 bits per heavy atom. The maximum atomic E-state index is 14.1. The molecule has 3 heteroatoms. The number of benzene rings is 1. The van der Waals surface area contributed by atoms with Gasteiger partial charge in [-0.15, -0.1) is 0 Å². The maximum absolute atomic E-state index is 14.1.